The summed E-state index contributed by atoms with van der Waals surface area (Å²) in [6, 6.07) is 7.02. The van der Waals surface area contributed by atoms with Gasteiger partial charge in [0.2, 0.25) is 0 Å². The van der Waals surface area contributed by atoms with E-state index in [1.807, 2.05) is 7.05 Å². The van der Waals surface area contributed by atoms with Crippen molar-refractivity contribution >= 4 is 16.1 Å². The largest absolute Gasteiger partial charge is 0.497 e. The molecule has 8 nitrogen and oxygen atoms in total. The summed E-state index contributed by atoms with van der Waals surface area (Å²) in [5, 5.41) is 0. The van der Waals surface area contributed by atoms with Crippen molar-refractivity contribution in [1.82, 2.24) is 18.4 Å². The second-order valence-electron chi connectivity index (χ2n) is 6.63. The van der Waals surface area contributed by atoms with Crippen molar-refractivity contribution in [3.63, 3.8) is 0 Å². The number of benzene rings is 1. The van der Waals surface area contributed by atoms with Crippen LogP contribution in [0.1, 0.15) is 10.4 Å². The number of nitrogens with zero attached hydrogens (tertiary/aromatic N) is 4. The van der Waals surface area contributed by atoms with E-state index in [9.17, 15) is 13.2 Å². The summed E-state index contributed by atoms with van der Waals surface area (Å²) in [7, 11) is 0.103. The van der Waals surface area contributed by atoms with Crippen molar-refractivity contribution in [3.05, 3.63) is 29.8 Å². The molecule has 0 radical (unpaired) electrons. The van der Waals surface area contributed by atoms with E-state index in [0.29, 0.717) is 50.6 Å². The Balaban J connectivity index is 1.60. The van der Waals surface area contributed by atoms with Gasteiger partial charge in [0.25, 0.3) is 16.1 Å². The molecule has 0 saturated carbocycles. The maximum atomic E-state index is 12.8. The number of piperazine rings is 2. The molecule has 2 aliphatic rings. The van der Waals surface area contributed by atoms with Gasteiger partial charge in [0.1, 0.15) is 5.75 Å². The Morgan fingerprint density at radius 3 is 2.12 bits per heavy atom. The number of amides is 1. The molecular formula is C17H26N4O4S. The number of rotatable bonds is 4. The lowest BCUT2D eigenvalue weighted by atomic mass is 10.1. The van der Waals surface area contributed by atoms with Gasteiger partial charge in [0, 0.05) is 57.9 Å². The van der Waals surface area contributed by atoms with Crippen LogP contribution in [0.5, 0.6) is 5.75 Å². The number of ether oxygens (including phenoxy) is 1. The number of hydrogen-bond donors (Lipinski definition) is 0. The third-order valence-electron chi connectivity index (χ3n) is 4.96. The molecule has 2 heterocycles. The Morgan fingerprint density at radius 1 is 0.962 bits per heavy atom. The van der Waals surface area contributed by atoms with E-state index in [4.69, 9.17) is 4.74 Å². The summed E-state index contributed by atoms with van der Waals surface area (Å²) >= 11 is 0. The standard InChI is InChI=1S/C17H26N4O4S/c1-18-6-10-20(11-7-18)26(23,24)21-12-8-19(9-13-21)17(22)15-4-3-5-16(14-15)25-2/h3-5,14H,6-13H2,1-2H3. The van der Waals surface area contributed by atoms with Crippen molar-refractivity contribution in [2.45, 2.75) is 0 Å². The molecule has 1 amide bonds. The number of hydrogen-bond acceptors (Lipinski definition) is 5. The van der Waals surface area contributed by atoms with E-state index in [-0.39, 0.29) is 5.91 Å². The number of carbonyl (C=O) groups excluding carboxylic acids is 1. The third-order valence-corrected chi connectivity index (χ3v) is 6.99. The number of methoxy groups -OCH3 is 1. The van der Waals surface area contributed by atoms with Gasteiger partial charge in [-0.3, -0.25) is 4.79 Å². The van der Waals surface area contributed by atoms with Gasteiger partial charge < -0.3 is 14.5 Å². The van der Waals surface area contributed by atoms with Crippen LogP contribution in [0.15, 0.2) is 24.3 Å². The molecule has 1 aromatic rings. The predicted molar refractivity (Wildman–Crippen MR) is 98.5 cm³/mol. The SMILES string of the molecule is COc1cccc(C(=O)N2CCN(S(=O)(=O)N3CCN(C)CC3)CC2)c1. The van der Waals surface area contributed by atoms with Crippen LogP contribution in [0.25, 0.3) is 0 Å². The molecule has 0 N–H and O–H groups in total. The maximum absolute atomic E-state index is 12.8. The van der Waals surface area contributed by atoms with E-state index in [1.54, 1.807) is 40.6 Å². The second kappa shape index (κ2) is 7.91. The van der Waals surface area contributed by atoms with Gasteiger partial charge in [0.05, 0.1) is 7.11 Å². The quantitative estimate of drug-likeness (QED) is 0.730. The Bertz CT molecular complexity index is 739. The molecule has 0 aliphatic carbocycles. The van der Waals surface area contributed by atoms with Crippen LogP contribution in [-0.4, -0.2) is 99.3 Å². The summed E-state index contributed by atoms with van der Waals surface area (Å²) in [5.41, 5.74) is 0.555. The molecule has 26 heavy (non-hydrogen) atoms. The third kappa shape index (κ3) is 4.01. The summed E-state index contributed by atoms with van der Waals surface area (Å²) in [5.74, 6) is 0.535. The zero-order valence-electron chi connectivity index (χ0n) is 15.3. The highest BCUT2D eigenvalue weighted by atomic mass is 32.2. The smallest absolute Gasteiger partial charge is 0.282 e. The van der Waals surface area contributed by atoms with E-state index >= 15 is 0 Å². The zero-order valence-corrected chi connectivity index (χ0v) is 16.1. The van der Waals surface area contributed by atoms with Gasteiger partial charge in [-0.1, -0.05) is 6.07 Å². The predicted octanol–water partition coefficient (Wildman–Crippen LogP) is -0.0548. The average molecular weight is 382 g/mol. The second-order valence-corrected chi connectivity index (χ2v) is 8.56. The fourth-order valence-electron chi connectivity index (χ4n) is 3.24. The first-order valence-corrected chi connectivity index (χ1v) is 10.2. The molecule has 144 valence electrons. The van der Waals surface area contributed by atoms with Gasteiger partial charge in [-0.15, -0.1) is 0 Å². The minimum absolute atomic E-state index is 0.0967. The van der Waals surface area contributed by atoms with E-state index in [2.05, 4.69) is 4.90 Å². The minimum Gasteiger partial charge on any atom is -0.497 e. The molecule has 0 bridgehead atoms. The first-order valence-electron chi connectivity index (χ1n) is 8.79. The van der Waals surface area contributed by atoms with Crippen molar-refractivity contribution in [2.24, 2.45) is 0 Å². The Kier molecular flexibility index (Phi) is 5.81. The van der Waals surface area contributed by atoms with Crippen LogP contribution in [-0.2, 0) is 10.2 Å². The summed E-state index contributed by atoms with van der Waals surface area (Å²) in [4.78, 5) is 16.5. The van der Waals surface area contributed by atoms with Crippen LogP contribution in [0, 0.1) is 0 Å². The monoisotopic (exact) mass is 382 g/mol. The molecule has 9 heteroatoms. The highest BCUT2D eigenvalue weighted by molar-refractivity contribution is 7.86. The van der Waals surface area contributed by atoms with Gasteiger partial charge in [-0.25, -0.2) is 0 Å². The van der Waals surface area contributed by atoms with E-state index in [1.165, 1.54) is 4.31 Å². The molecule has 0 spiro atoms. The fourth-order valence-corrected chi connectivity index (χ4v) is 4.82. The van der Waals surface area contributed by atoms with Crippen molar-refractivity contribution < 1.29 is 17.9 Å². The van der Waals surface area contributed by atoms with E-state index < -0.39 is 10.2 Å². The Morgan fingerprint density at radius 2 is 1.54 bits per heavy atom. The lowest BCUT2D eigenvalue weighted by Gasteiger charge is -2.39. The first kappa shape index (κ1) is 19.1. The zero-order chi connectivity index (χ0) is 18.7. The normalized spacial score (nSPS) is 20.9. The topological polar surface area (TPSA) is 73.4 Å². The highest BCUT2D eigenvalue weighted by Gasteiger charge is 2.34. The minimum atomic E-state index is -3.45. The van der Waals surface area contributed by atoms with Crippen molar-refractivity contribution in [3.8, 4) is 5.75 Å². The van der Waals surface area contributed by atoms with Crippen LogP contribution in [0.2, 0.25) is 0 Å². The lowest BCUT2D eigenvalue weighted by Crippen LogP contribution is -2.57. The lowest BCUT2D eigenvalue weighted by molar-refractivity contribution is 0.0692. The van der Waals surface area contributed by atoms with Crippen molar-refractivity contribution in [2.75, 3.05) is 66.5 Å². The molecule has 3 rings (SSSR count). The molecule has 2 fully saturated rings. The maximum Gasteiger partial charge on any atom is 0.282 e. The molecule has 0 atom stereocenters. The average Bonchev–Trinajstić information content (AvgIpc) is 2.68. The van der Waals surface area contributed by atoms with Crippen LogP contribution in [0.3, 0.4) is 0 Å². The number of likely N-dealkylation sites (N-methyl/N-ethyl adjacent to an activating group) is 1. The van der Waals surface area contributed by atoms with Crippen LogP contribution >= 0.6 is 0 Å². The molecule has 2 aliphatic heterocycles. The van der Waals surface area contributed by atoms with Gasteiger partial charge in [0.15, 0.2) is 0 Å². The first-order chi connectivity index (χ1) is 12.4. The van der Waals surface area contributed by atoms with Crippen LogP contribution < -0.4 is 4.74 Å². The summed E-state index contributed by atoms with van der Waals surface area (Å²) < 4.78 is 33.8. The van der Waals surface area contributed by atoms with Gasteiger partial charge in [-0.2, -0.15) is 17.0 Å². The molecule has 2 saturated heterocycles. The van der Waals surface area contributed by atoms with Crippen LogP contribution in [0.4, 0.5) is 0 Å². The van der Waals surface area contributed by atoms with Crippen molar-refractivity contribution in [1.29, 1.82) is 0 Å². The Hall–Kier alpha value is -1.68. The molecular weight excluding hydrogens is 356 g/mol. The summed E-state index contributed by atoms with van der Waals surface area (Å²) in [6.07, 6.45) is 0. The van der Waals surface area contributed by atoms with Gasteiger partial charge in [-0.05, 0) is 25.2 Å². The number of carbonyl (C=O) groups is 1. The molecule has 1 aromatic carbocycles. The van der Waals surface area contributed by atoms with Gasteiger partial charge >= 0.3 is 0 Å². The molecule has 0 unspecified atom stereocenters. The highest BCUT2D eigenvalue weighted by Crippen LogP contribution is 2.18. The Labute approximate surface area is 155 Å². The molecule has 0 aromatic heterocycles. The van der Waals surface area contributed by atoms with E-state index in [0.717, 1.165) is 13.1 Å². The summed E-state index contributed by atoms with van der Waals surface area (Å²) in [6.45, 7) is 3.95. The fraction of sp³-hybridized carbons (Fsp3) is 0.588.